The molecule has 23 heavy (non-hydrogen) atoms. The van der Waals surface area contributed by atoms with Gasteiger partial charge in [0.25, 0.3) is 0 Å². The minimum absolute atomic E-state index is 0.182. The van der Waals surface area contributed by atoms with Crippen LogP contribution in [0.15, 0.2) is 47.1 Å². The van der Waals surface area contributed by atoms with Crippen LogP contribution in [0, 0.1) is 5.82 Å². The van der Waals surface area contributed by atoms with Crippen molar-refractivity contribution >= 4 is 22.6 Å². The summed E-state index contributed by atoms with van der Waals surface area (Å²) in [6.45, 7) is 0. The lowest BCUT2D eigenvalue weighted by Gasteiger charge is -2.05. The van der Waals surface area contributed by atoms with E-state index < -0.39 is 0 Å². The topological polar surface area (TPSA) is 42.2 Å². The second-order valence-corrected chi connectivity index (χ2v) is 5.97. The summed E-state index contributed by atoms with van der Waals surface area (Å²) < 4.78 is 18.8. The molecule has 1 aromatic heterocycles. The number of fused-ring (bicyclic) bond motifs is 2. The van der Waals surface area contributed by atoms with Crippen LogP contribution < -0.4 is 5.32 Å². The molecule has 4 rings (SSSR count). The summed E-state index contributed by atoms with van der Waals surface area (Å²) in [6.07, 6.45) is 5.22. The number of nitrogens with one attached hydrogen (secondary N) is 1. The molecule has 0 fully saturated rings. The van der Waals surface area contributed by atoms with E-state index >= 15 is 0 Å². The fourth-order valence-corrected chi connectivity index (χ4v) is 3.23. The first-order valence-electron chi connectivity index (χ1n) is 7.76. The van der Waals surface area contributed by atoms with Crippen LogP contribution in [0.1, 0.15) is 23.1 Å². The van der Waals surface area contributed by atoms with E-state index in [-0.39, 0.29) is 18.1 Å². The van der Waals surface area contributed by atoms with Crippen LogP contribution in [-0.2, 0) is 24.1 Å². The largest absolute Gasteiger partial charge is 0.464 e. The Morgan fingerprint density at radius 2 is 2.00 bits per heavy atom. The third-order valence-electron chi connectivity index (χ3n) is 4.33. The number of anilines is 1. The third kappa shape index (κ3) is 2.72. The average molecular weight is 309 g/mol. The van der Waals surface area contributed by atoms with Crippen LogP contribution in [0.2, 0.25) is 0 Å². The molecule has 0 atom stereocenters. The first kappa shape index (κ1) is 14.0. The molecule has 1 aliphatic rings. The van der Waals surface area contributed by atoms with Crippen molar-refractivity contribution in [2.75, 3.05) is 5.32 Å². The van der Waals surface area contributed by atoms with Gasteiger partial charge in [0.05, 0.1) is 12.7 Å². The number of aryl methyl sites for hydroxylation is 2. The number of amides is 1. The van der Waals surface area contributed by atoms with Gasteiger partial charge in [-0.1, -0.05) is 6.07 Å². The summed E-state index contributed by atoms with van der Waals surface area (Å²) in [5.41, 5.74) is 4.86. The molecular weight excluding hydrogens is 293 g/mol. The van der Waals surface area contributed by atoms with Crippen LogP contribution >= 0.6 is 0 Å². The summed E-state index contributed by atoms with van der Waals surface area (Å²) in [7, 11) is 0. The molecule has 4 heteroatoms. The summed E-state index contributed by atoms with van der Waals surface area (Å²) in [5, 5.41) is 3.72. The summed E-state index contributed by atoms with van der Waals surface area (Å²) in [4.78, 5) is 12.2. The number of carbonyl (C=O) groups excluding carboxylic acids is 1. The maximum absolute atomic E-state index is 13.2. The quantitative estimate of drug-likeness (QED) is 0.786. The van der Waals surface area contributed by atoms with Gasteiger partial charge in [0, 0.05) is 16.6 Å². The number of furan rings is 1. The molecule has 2 aromatic carbocycles. The van der Waals surface area contributed by atoms with Crippen molar-refractivity contribution in [3.63, 3.8) is 0 Å². The number of rotatable bonds is 3. The van der Waals surface area contributed by atoms with Crippen LogP contribution in [0.5, 0.6) is 0 Å². The Labute approximate surface area is 133 Å². The molecule has 1 amide bonds. The van der Waals surface area contributed by atoms with Crippen molar-refractivity contribution in [3.05, 3.63) is 65.2 Å². The number of hydrogen-bond acceptors (Lipinski definition) is 2. The fourth-order valence-electron chi connectivity index (χ4n) is 3.23. The predicted molar refractivity (Wildman–Crippen MR) is 87.0 cm³/mol. The molecule has 0 saturated heterocycles. The van der Waals surface area contributed by atoms with Crippen molar-refractivity contribution < 1.29 is 13.6 Å². The van der Waals surface area contributed by atoms with E-state index in [1.807, 2.05) is 0 Å². The lowest BCUT2D eigenvalue weighted by atomic mass is 10.0. The molecule has 0 saturated carbocycles. The molecule has 1 heterocycles. The van der Waals surface area contributed by atoms with Gasteiger partial charge < -0.3 is 9.73 Å². The van der Waals surface area contributed by atoms with Gasteiger partial charge in [-0.25, -0.2) is 4.39 Å². The third-order valence-corrected chi connectivity index (χ3v) is 4.33. The number of hydrogen-bond donors (Lipinski definition) is 1. The molecule has 0 aliphatic heterocycles. The second-order valence-electron chi connectivity index (χ2n) is 5.97. The Morgan fingerprint density at radius 1 is 1.17 bits per heavy atom. The van der Waals surface area contributed by atoms with E-state index in [9.17, 15) is 9.18 Å². The highest BCUT2D eigenvalue weighted by atomic mass is 19.1. The van der Waals surface area contributed by atoms with E-state index in [2.05, 4.69) is 17.4 Å². The van der Waals surface area contributed by atoms with Gasteiger partial charge in [-0.2, -0.15) is 0 Å². The SMILES string of the molecule is O=C(Cc1coc2cc3c(cc12)CCC3)Nc1cccc(F)c1. The molecular formula is C19H16FNO2. The normalized spacial score (nSPS) is 13.3. The summed E-state index contributed by atoms with van der Waals surface area (Å²) in [5.74, 6) is -0.550. The van der Waals surface area contributed by atoms with Gasteiger partial charge in [-0.3, -0.25) is 4.79 Å². The van der Waals surface area contributed by atoms with Crippen molar-refractivity contribution in [1.82, 2.24) is 0 Å². The second kappa shape index (κ2) is 5.54. The highest BCUT2D eigenvalue weighted by Crippen LogP contribution is 2.30. The van der Waals surface area contributed by atoms with E-state index in [4.69, 9.17) is 4.42 Å². The van der Waals surface area contributed by atoms with Gasteiger partial charge in [0.2, 0.25) is 5.91 Å². The molecule has 3 nitrogen and oxygen atoms in total. The van der Waals surface area contributed by atoms with Gasteiger partial charge in [0.1, 0.15) is 11.4 Å². The summed E-state index contributed by atoms with van der Waals surface area (Å²) in [6, 6.07) is 10.1. The minimum Gasteiger partial charge on any atom is -0.464 e. The van der Waals surface area contributed by atoms with E-state index in [0.717, 1.165) is 29.4 Å². The lowest BCUT2D eigenvalue weighted by Crippen LogP contribution is -2.14. The fraction of sp³-hybridized carbons (Fsp3) is 0.211. The molecule has 1 N–H and O–H groups in total. The van der Waals surface area contributed by atoms with Gasteiger partial charge in [-0.15, -0.1) is 0 Å². The van der Waals surface area contributed by atoms with E-state index in [0.29, 0.717) is 5.69 Å². The summed E-state index contributed by atoms with van der Waals surface area (Å²) >= 11 is 0. The molecule has 3 aromatic rings. The molecule has 0 bridgehead atoms. The Kier molecular flexibility index (Phi) is 3.37. The van der Waals surface area contributed by atoms with E-state index in [1.165, 1.54) is 29.7 Å². The monoisotopic (exact) mass is 309 g/mol. The smallest absolute Gasteiger partial charge is 0.228 e. The zero-order valence-electron chi connectivity index (χ0n) is 12.6. The molecule has 116 valence electrons. The zero-order chi connectivity index (χ0) is 15.8. The van der Waals surface area contributed by atoms with Crippen LogP contribution in [-0.4, -0.2) is 5.91 Å². The van der Waals surface area contributed by atoms with Gasteiger partial charge >= 0.3 is 0 Å². The number of carbonyl (C=O) groups is 1. The maximum atomic E-state index is 13.2. The molecule has 0 radical (unpaired) electrons. The van der Waals surface area contributed by atoms with Crippen molar-refractivity contribution in [1.29, 1.82) is 0 Å². The Morgan fingerprint density at radius 3 is 2.83 bits per heavy atom. The Hall–Kier alpha value is -2.62. The van der Waals surface area contributed by atoms with Gasteiger partial charge in [-0.05, 0) is 60.7 Å². The van der Waals surface area contributed by atoms with Crippen LogP contribution in [0.4, 0.5) is 10.1 Å². The number of halogens is 1. The van der Waals surface area contributed by atoms with Gasteiger partial charge in [0.15, 0.2) is 0 Å². The first-order valence-corrected chi connectivity index (χ1v) is 7.76. The Bertz CT molecular complexity index is 898. The highest BCUT2D eigenvalue weighted by molar-refractivity contribution is 5.95. The molecule has 0 unspecified atom stereocenters. The van der Waals surface area contributed by atoms with Crippen LogP contribution in [0.25, 0.3) is 11.0 Å². The molecule has 0 spiro atoms. The highest BCUT2D eigenvalue weighted by Gasteiger charge is 2.16. The van der Waals surface area contributed by atoms with Crippen molar-refractivity contribution in [2.45, 2.75) is 25.7 Å². The standard InChI is InChI=1S/C19H16FNO2/c20-15-5-2-6-16(10-15)21-19(22)9-14-11-23-18-8-13-4-1-3-12(13)7-17(14)18/h2,5-8,10-11H,1,3-4,9H2,(H,21,22). The number of benzene rings is 2. The van der Waals surface area contributed by atoms with Crippen LogP contribution in [0.3, 0.4) is 0 Å². The first-order chi connectivity index (χ1) is 11.2. The van der Waals surface area contributed by atoms with E-state index in [1.54, 1.807) is 18.4 Å². The minimum atomic E-state index is -0.368. The Balaban J connectivity index is 1.56. The molecule has 1 aliphatic carbocycles. The maximum Gasteiger partial charge on any atom is 0.228 e. The average Bonchev–Trinajstić information content (AvgIpc) is 3.12. The lowest BCUT2D eigenvalue weighted by molar-refractivity contribution is -0.115. The zero-order valence-corrected chi connectivity index (χ0v) is 12.6. The van der Waals surface area contributed by atoms with Crippen molar-refractivity contribution in [2.24, 2.45) is 0 Å². The van der Waals surface area contributed by atoms with Crippen molar-refractivity contribution in [3.8, 4) is 0 Å². The predicted octanol–water partition coefficient (Wildman–Crippen LogP) is 4.24.